The summed E-state index contributed by atoms with van der Waals surface area (Å²) < 4.78 is 11.0. The summed E-state index contributed by atoms with van der Waals surface area (Å²) >= 11 is 0. The monoisotopic (exact) mass is 246 g/mol. The molecule has 4 heteroatoms. The van der Waals surface area contributed by atoms with Crippen LogP contribution in [0, 0.1) is 0 Å². The summed E-state index contributed by atoms with van der Waals surface area (Å²) in [6.45, 7) is 1.09. The van der Waals surface area contributed by atoms with E-state index in [0.717, 1.165) is 17.1 Å². The molecule has 0 aliphatic carbocycles. The lowest BCUT2D eigenvalue weighted by molar-refractivity contribution is 0.273. The van der Waals surface area contributed by atoms with Crippen LogP contribution in [-0.2, 0) is 0 Å². The molecule has 18 heavy (non-hydrogen) atoms. The molecule has 0 bridgehead atoms. The molecule has 2 aromatic rings. The van der Waals surface area contributed by atoms with Gasteiger partial charge in [0.2, 0.25) is 0 Å². The molecule has 0 saturated heterocycles. The molecule has 0 fully saturated rings. The molecule has 1 unspecified atom stereocenters. The number of nitrogens with one attached hydrogen (secondary N) is 1. The summed E-state index contributed by atoms with van der Waals surface area (Å²) in [7, 11) is 1.63. The molecule has 0 aliphatic heterocycles. The van der Waals surface area contributed by atoms with Gasteiger partial charge in [0, 0.05) is 24.9 Å². The topological polar surface area (TPSA) is 60.3 Å². The standard InChI is InChI=1S/C14H18N2O2/c1-17-13-4-2-3-5-14(13)18-10-12(8-15)11-6-7-16-9-11/h2-7,9,12,16H,8,10,15H2,1H3. The minimum Gasteiger partial charge on any atom is -0.493 e. The maximum absolute atomic E-state index is 5.79. The van der Waals surface area contributed by atoms with Crippen LogP contribution < -0.4 is 15.2 Å². The number of hydrogen-bond acceptors (Lipinski definition) is 3. The molecule has 0 aliphatic rings. The third kappa shape index (κ3) is 2.84. The molecule has 0 saturated carbocycles. The Morgan fingerprint density at radius 3 is 2.61 bits per heavy atom. The normalized spacial score (nSPS) is 12.1. The third-order valence-electron chi connectivity index (χ3n) is 2.89. The summed E-state index contributed by atoms with van der Waals surface area (Å²) in [6.07, 6.45) is 3.84. The Morgan fingerprint density at radius 2 is 2.00 bits per heavy atom. The SMILES string of the molecule is COc1ccccc1OCC(CN)c1cc[nH]c1. The first-order valence-electron chi connectivity index (χ1n) is 5.93. The number of para-hydroxylation sites is 2. The van der Waals surface area contributed by atoms with Gasteiger partial charge >= 0.3 is 0 Å². The predicted molar refractivity (Wildman–Crippen MR) is 71.1 cm³/mol. The van der Waals surface area contributed by atoms with Crippen LogP contribution in [0.15, 0.2) is 42.7 Å². The van der Waals surface area contributed by atoms with E-state index in [9.17, 15) is 0 Å². The zero-order valence-electron chi connectivity index (χ0n) is 10.4. The number of benzene rings is 1. The van der Waals surface area contributed by atoms with E-state index < -0.39 is 0 Å². The molecular weight excluding hydrogens is 228 g/mol. The van der Waals surface area contributed by atoms with E-state index in [2.05, 4.69) is 4.98 Å². The van der Waals surface area contributed by atoms with Gasteiger partial charge in [0.1, 0.15) is 0 Å². The van der Waals surface area contributed by atoms with Crippen molar-refractivity contribution in [2.45, 2.75) is 5.92 Å². The van der Waals surface area contributed by atoms with Crippen molar-refractivity contribution in [3.05, 3.63) is 48.3 Å². The number of methoxy groups -OCH3 is 1. The zero-order valence-corrected chi connectivity index (χ0v) is 10.4. The van der Waals surface area contributed by atoms with Gasteiger partial charge in [0.05, 0.1) is 13.7 Å². The Hall–Kier alpha value is -1.94. The van der Waals surface area contributed by atoms with Crippen LogP contribution in [0.5, 0.6) is 11.5 Å². The minimum absolute atomic E-state index is 0.182. The van der Waals surface area contributed by atoms with E-state index in [-0.39, 0.29) is 5.92 Å². The second kappa shape index (κ2) is 6.12. The van der Waals surface area contributed by atoms with E-state index in [1.165, 1.54) is 0 Å². The Bertz CT molecular complexity index is 468. The number of nitrogens with two attached hydrogens (primary N) is 1. The van der Waals surface area contributed by atoms with Crippen LogP contribution in [0.4, 0.5) is 0 Å². The first-order chi connectivity index (χ1) is 8.85. The Morgan fingerprint density at radius 1 is 1.22 bits per heavy atom. The van der Waals surface area contributed by atoms with Crippen molar-refractivity contribution in [3.63, 3.8) is 0 Å². The molecule has 1 aromatic carbocycles. The van der Waals surface area contributed by atoms with Crippen LogP contribution in [0.1, 0.15) is 11.5 Å². The van der Waals surface area contributed by atoms with Crippen molar-refractivity contribution in [2.75, 3.05) is 20.3 Å². The van der Waals surface area contributed by atoms with Gasteiger partial charge in [-0.15, -0.1) is 0 Å². The average molecular weight is 246 g/mol. The van der Waals surface area contributed by atoms with E-state index in [1.54, 1.807) is 7.11 Å². The van der Waals surface area contributed by atoms with Crippen LogP contribution in [-0.4, -0.2) is 25.2 Å². The van der Waals surface area contributed by atoms with Crippen LogP contribution in [0.2, 0.25) is 0 Å². The first kappa shape index (κ1) is 12.5. The van der Waals surface area contributed by atoms with Crippen molar-refractivity contribution in [3.8, 4) is 11.5 Å². The Kier molecular flexibility index (Phi) is 4.25. The second-order valence-corrected chi connectivity index (χ2v) is 4.04. The summed E-state index contributed by atoms with van der Waals surface area (Å²) in [5.74, 6) is 1.66. The van der Waals surface area contributed by atoms with Crippen LogP contribution >= 0.6 is 0 Å². The molecule has 4 nitrogen and oxygen atoms in total. The fourth-order valence-electron chi connectivity index (χ4n) is 1.82. The molecular formula is C14H18N2O2. The number of ether oxygens (including phenoxy) is 2. The number of hydrogen-bond donors (Lipinski definition) is 2. The zero-order chi connectivity index (χ0) is 12.8. The number of rotatable bonds is 6. The summed E-state index contributed by atoms with van der Waals surface area (Å²) in [6, 6.07) is 9.62. The molecule has 96 valence electrons. The minimum atomic E-state index is 0.182. The fourth-order valence-corrected chi connectivity index (χ4v) is 1.82. The third-order valence-corrected chi connectivity index (χ3v) is 2.89. The van der Waals surface area contributed by atoms with Crippen molar-refractivity contribution in [1.29, 1.82) is 0 Å². The molecule has 1 heterocycles. The largest absolute Gasteiger partial charge is 0.493 e. The van der Waals surface area contributed by atoms with E-state index in [1.807, 2.05) is 42.7 Å². The number of aromatic nitrogens is 1. The molecule has 1 aromatic heterocycles. The number of aromatic amines is 1. The quantitative estimate of drug-likeness (QED) is 0.821. The summed E-state index contributed by atoms with van der Waals surface area (Å²) in [5.41, 5.74) is 6.93. The maximum Gasteiger partial charge on any atom is 0.161 e. The summed E-state index contributed by atoms with van der Waals surface area (Å²) in [5, 5.41) is 0. The van der Waals surface area contributed by atoms with E-state index in [4.69, 9.17) is 15.2 Å². The van der Waals surface area contributed by atoms with Crippen molar-refractivity contribution in [1.82, 2.24) is 4.98 Å². The number of H-pyrrole nitrogens is 1. The molecule has 0 amide bonds. The highest BCUT2D eigenvalue weighted by Gasteiger charge is 2.12. The van der Waals surface area contributed by atoms with E-state index in [0.29, 0.717) is 13.2 Å². The molecule has 3 N–H and O–H groups in total. The molecule has 0 radical (unpaired) electrons. The van der Waals surface area contributed by atoms with Crippen molar-refractivity contribution >= 4 is 0 Å². The highest BCUT2D eigenvalue weighted by molar-refractivity contribution is 5.39. The fraction of sp³-hybridized carbons (Fsp3) is 0.286. The molecule has 0 spiro atoms. The maximum atomic E-state index is 5.79. The average Bonchev–Trinajstić information content (AvgIpc) is 2.94. The van der Waals surface area contributed by atoms with Gasteiger partial charge in [-0.1, -0.05) is 12.1 Å². The van der Waals surface area contributed by atoms with Gasteiger partial charge in [-0.3, -0.25) is 0 Å². The lowest BCUT2D eigenvalue weighted by Crippen LogP contribution is -2.19. The van der Waals surface area contributed by atoms with Gasteiger partial charge in [-0.2, -0.15) is 0 Å². The van der Waals surface area contributed by atoms with Crippen molar-refractivity contribution in [2.24, 2.45) is 5.73 Å². The van der Waals surface area contributed by atoms with Gasteiger partial charge < -0.3 is 20.2 Å². The summed E-state index contributed by atoms with van der Waals surface area (Å²) in [4.78, 5) is 3.03. The van der Waals surface area contributed by atoms with Crippen molar-refractivity contribution < 1.29 is 9.47 Å². The second-order valence-electron chi connectivity index (χ2n) is 4.04. The lowest BCUT2D eigenvalue weighted by atomic mass is 10.0. The highest BCUT2D eigenvalue weighted by Crippen LogP contribution is 2.27. The van der Waals surface area contributed by atoms with Gasteiger partial charge in [-0.05, 0) is 23.8 Å². The predicted octanol–water partition coefficient (Wildman–Crippen LogP) is 2.14. The van der Waals surface area contributed by atoms with Crippen LogP contribution in [0.25, 0.3) is 0 Å². The highest BCUT2D eigenvalue weighted by atomic mass is 16.5. The van der Waals surface area contributed by atoms with Gasteiger partial charge in [0.25, 0.3) is 0 Å². The smallest absolute Gasteiger partial charge is 0.161 e. The Labute approximate surface area is 107 Å². The van der Waals surface area contributed by atoms with Gasteiger partial charge in [-0.25, -0.2) is 0 Å². The first-order valence-corrected chi connectivity index (χ1v) is 5.93. The Balaban J connectivity index is 2.02. The molecule has 2 rings (SSSR count). The lowest BCUT2D eigenvalue weighted by Gasteiger charge is -2.16. The van der Waals surface area contributed by atoms with Crippen LogP contribution in [0.3, 0.4) is 0 Å². The van der Waals surface area contributed by atoms with Gasteiger partial charge in [0.15, 0.2) is 11.5 Å². The van der Waals surface area contributed by atoms with E-state index >= 15 is 0 Å². The molecule has 1 atom stereocenters.